The summed E-state index contributed by atoms with van der Waals surface area (Å²) in [5.41, 5.74) is 8.77. The molecule has 10 heteroatoms. The summed E-state index contributed by atoms with van der Waals surface area (Å²) in [5, 5.41) is 5.48. The highest BCUT2D eigenvalue weighted by Gasteiger charge is 2.28. The summed E-state index contributed by atoms with van der Waals surface area (Å²) in [6, 6.07) is 14.8. The van der Waals surface area contributed by atoms with Gasteiger partial charge in [0.05, 0.1) is 11.7 Å². The molecule has 1 atom stereocenters. The molecule has 0 spiro atoms. The maximum absolute atomic E-state index is 13.5. The number of aromatic nitrogens is 3. The van der Waals surface area contributed by atoms with Gasteiger partial charge in [-0.1, -0.05) is 0 Å². The number of ether oxygens (including phenoxy) is 1. The number of nitrogens with zero attached hydrogens (tertiary/aromatic N) is 4. The molecule has 1 aromatic carbocycles. The van der Waals surface area contributed by atoms with Crippen LogP contribution in [0, 0.1) is 5.95 Å². The number of anilines is 2. The molecule has 0 bridgehead atoms. The van der Waals surface area contributed by atoms with Gasteiger partial charge in [0.1, 0.15) is 18.1 Å². The van der Waals surface area contributed by atoms with Crippen molar-refractivity contribution in [3.63, 3.8) is 0 Å². The smallest absolute Gasteiger partial charge is 0.274 e. The van der Waals surface area contributed by atoms with Crippen molar-refractivity contribution in [3.05, 3.63) is 89.2 Å². The Hall–Kier alpha value is -3.76. The topological polar surface area (TPSA) is 98.3 Å². The first-order valence-electron chi connectivity index (χ1n) is 11.8. The van der Waals surface area contributed by atoms with Crippen molar-refractivity contribution < 1.29 is 13.9 Å². The number of carbonyl (C=O) groups excluding carboxylic acids is 1. The number of rotatable bonds is 9. The van der Waals surface area contributed by atoms with Gasteiger partial charge in [-0.3, -0.25) is 10.1 Å². The zero-order chi connectivity index (χ0) is 24.9. The van der Waals surface area contributed by atoms with E-state index in [1.807, 2.05) is 17.5 Å². The molecule has 1 aliphatic heterocycles. The van der Waals surface area contributed by atoms with Crippen LogP contribution in [-0.2, 0) is 6.54 Å². The summed E-state index contributed by atoms with van der Waals surface area (Å²) in [6.45, 7) is 2.28. The molecule has 1 fully saturated rings. The summed E-state index contributed by atoms with van der Waals surface area (Å²) in [5.74, 6) is 0.00185. The second-order valence-corrected chi connectivity index (χ2v) is 9.38. The monoisotopic (exact) mass is 506 g/mol. The van der Waals surface area contributed by atoms with E-state index in [1.165, 1.54) is 23.6 Å². The van der Waals surface area contributed by atoms with Gasteiger partial charge in [0.25, 0.3) is 5.91 Å². The van der Waals surface area contributed by atoms with Crippen LogP contribution in [0.25, 0.3) is 0 Å². The average Bonchev–Trinajstić information content (AvgIpc) is 3.64. The van der Waals surface area contributed by atoms with E-state index in [1.54, 1.807) is 29.0 Å². The predicted molar refractivity (Wildman–Crippen MR) is 138 cm³/mol. The number of halogens is 1. The third kappa shape index (κ3) is 5.39. The molecule has 1 amide bonds. The summed E-state index contributed by atoms with van der Waals surface area (Å²) in [7, 11) is 0. The zero-order valence-corrected chi connectivity index (χ0v) is 20.5. The van der Waals surface area contributed by atoms with Crippen molar-refractivity contribution in [1.29, 1.82) is 0 Å². The molecule has 0 aliphatic carbocycles. The lowest BCUT2D eigenvalue weighted by Gasteiger charge is -2.25. The summed E-state index contributed by atoms with van der Waals surface area (Å²) in [4.78, 5) is 23.7. The number of nitrogens with one attached hydrogen (secondary N) is 1. The van der Waals surface area contributed by atoms with Crippen molar-refractivity contribution >= 4 is 28.1 Å². The second kappa shape index (κ2) is 10.9. The van der Waals surface area contributed by atoms with Gasteiger partial charge in [-0.25, -0.2) is 9.97 Å². The minimum atomic E-state index is -0.544. The first-order valence-corrected chi connectivity index (χ1v) is 12.7. The number of amides is 1. The lowest BCUT2D eigenvalue weighted by Crippen LogP contribution is -2.23. The van der Waals surface area contributed by atoms with Gasteiger partial charge < -0.3 is 19.9 Å². The fourth-order valence-electron chi connectivity index (χ4n) is 4.45. The molecule has 1 aliphatic rings. The lowest BCUT2D eigenvalue weighted by molar-refractivity contribution is 0.101. The second-order valence-electron chi connectivity index (χ2n) is 8.52. The molecular formula is C26H27FN6O2S. The maximum atomic E-state index is 13.5. The van der Waals surface area contributed by atoms with E-state index in [0.29, 0.717) is 30.5 Å². The number of carbonyl (C=O) groups is 1. The fraction of sp³-hybridized carbons (Fsp3) is 0.269. The Morgan fingerprint density at radius 1 is 1.25 bits per heavy atom. The third-order valence-electron chi connectivity index (χ3n) is 6.10. The maximum Gasteiger partial charge on any atom is 0.274 e. The minimum Gasteiger partial charge on any atom is -0.492 e. The van der Waals surface area contributed by atoms with E-state index >= 15 is 0 Å². The van der Waals surface area contributed by atoms with Crippen LogP contribution in [0.15, 0.2) is 66.3 Å². The Balaban J connectivity index is 1.25. The molecule has 4 aromatic rings. The van der Waals surface area contributed by atoms with Gasteiger partial charge >= 0.3 is 0 Å². The number of hydrogen-bond acceptors (Lipinski definition) is 7. The lowest BCUT2D eigenvalue weighted by atomic mass is 10.1. The summed E-state index contributed by atoms with van der Waals surface area (Å²) in [6.07, 6.45) is 5.27. The molecular weight excluding hydrogens is 479 g/mol. The van der Waals surface area contributed by atoms with Gasteiger partial charge in [-0.05, 0) is 66.9 Å². The van der Waals surface area contributed by atoms with Crippen LogP contribution in [0.5, 0.6) is 5.75 Å². The highest BCUT2D eigenvalue weighted by Crippen LogP contribution is 2.37. The number of benzene rings is 1. The average molecular weight is 507 g/mol. The number of thiazole rings is 1. The van der Waals surface area contributed by atoms with Crippen molar-refractivity contribution in [3.8, 4) is 5.75 Å². The Bertz CT molecular complexity index is 1320. The Morgan fingerprint density at radius 3 is 2.92 bits per heavy atom. The molecule has 36 heavy (non-hydrogen) atoms. The van der Waals surface area contributed by atoms with Crippen LogP contribution in [0.4, 0.5) is 15.2 Å². The molecule has 0 saturated carbocycles. The fourth-order valence-corrected chi connectivity index (χ4v) is 5.20. The molecule has 1 unspecified atom stereocenters. The van der Waals surface area contributed by atoms with Gasteiger partial charge in [0, 0.05) is 43.1 Å². The molecule has 0 radical (unpaired) electrons. The highest BCUT2D eigenvalue weighted by atomic mass is 32.1. The van der Waals surface area contributed by atoms with Crippen molar-refractivity contribution in [2.45, 2.75) is 25.4 Å². The highest BCUT2D eigenvalue weighted by molar-refractivity contribution is 7.14. The molecule has 4 heterocycles. The van der Waals surface area contributed by atoms with Crippen molar-refractivity contribution in [2.24, 2.45) is 5.73 Å². The van der Waals surface area contributed by atoms with E-state index < -0.39 is 5.95 Å². The first-order chi connectivity index (χ1) is 17.6. The van der Waals surface area contributed by atoms with Crippen molar-refractivity contribution in [1.82, 2.24) is 14.5 Å². The van der Waals surface area contributed by atoms with Crippen molar-refractivity contribution in [2.75, 3.05) is 29.9 Å². The Kier molecular flexibility index (Phi) is 7.24. The van der Waals surface area contributed by atoms with E-state index in [-0.39, 0.29) is 11.9 Å². The molecule has 1 saturated heterocycles. The van der Waals surface area contributed by atoms with Crippen LogP contribution >= 0.6 is 11.3 Å². The number of pyridine rings is 1. The minimum absolute atomic E-state index is 0.146. The van der Waals surface area contributed by atoms with Gasteiger partial charge in [0.2, 0.25) is 5.95 Å². The first kappa shape index (κ1) is 24.0. The van der Waals surface area contributed by atoms with Crippen LogP contribution < -0.4 is 20.7 Å². The van der Waals surface area contributed by atoms with Gasteiger partial charge in [0.15, 0.2) is 5.13 Å². The molecule has 8 nitrogen and oxygen atoms in total. The summed E-state index contributed by atoms with van der Waals surface area (Å²) < 4.78 is 20.8. The SMILES string of the molecule is NCCOc1ccc(N2CCCC2c2csc(NC(=O)c3cccn3Cc3ccnc(F)c3)n2)cc1. The normalized spacial score (nSPS) is 15.3. The van der Waals surface area contributed by atoms with Gasteiger partial charge in [-0.2, -0.15) is 4.39 Å². The molecule has 3 aromatic heterocycles. The quantitative estimate of drug-likeness (QED) is 0.325. The third-order valence-corrected chi connectivity index (χ3v) is 6.87. The Labute approximate surface area is 212 Å². The van der Waals surface area contributed by atoms with E-state index in [9.17, 15) is 9.18 Å². The van der Waals surface area contributed by atoms with E-state index in [0.717, 1.165) is 42.1 Å². The van der Waals surface area contributed by atoms with Crippen LogP contribution in [0.1, 0.15) is 40.6 Å². The van der Waals surface area contributed by atoms with E-state index in [2.05, 4.69) is 27.3 Å². The number of hydrogen-bond donors (Lipinski definition) is 2. The standard InChI is InChI=1S/C26H27FN6O2S/c27-24-15-18(9-11-29-24)16-32-12-1-4-23(32)25(34)31-26-30-21(17-36-26)22-3-2-13-33(22)19-5-7-20(8-6-19)35-14-10-28/h1,4-9,11-12,15,17,22H,2-3,10,13-14,16,28H2,(H,30,31,34). The zero-order valence-electron chi connectivity index (χ0n) is 19.6. The molecule has 5 rings (SSSR count). The van der Waals surface area contributed by atoms with Crippen LogP contribution in [-0.4, -0.2) is 40.1 Å². The molecule has 3 N–H and O–H groups in total. The number of nitrogens with two attached hydrogens (primary N) is 1. The van der Waals surface area contributed by atoms with E-state index in [4.69, 9.17) is 15.5 Å². The van der Waals surface area contributed by atoms with Crippen LogP contribution in [0.2, 0.25) is 0 Å². The van der Waals surface area contributed by atoms with Crippen LogP contribution in [0.3, 0.4) is 0 Å². The predicted octanol–water partition coefficient (Wildman–Crippen LogP) is 4.46. The molecule has 186 valence electrons. The largest absolute Gasteiger partial charge is 0.492 e. The summed E-state index contributed by atoms with van der Waals surface area (Å²) >= 11 is 1.41. The Morgan fingerprint density at radius 2 is 2.11 bits per heavy atom. The van der Waals surface area contributed by atoms with Gasteiger partial charge in [-0.15, -0.1) is 11.3 Å².